The van der Waals surface area contributed by atoms with Crippen molar-refractivity contribution < 1.29 is 8.95 Å². The largest absolute Gasteiger partial charge is 0.496 e. The maximum Gasteiger partial charge on any atom is 0.142 e. The Kier molecular flexibility index (Phi) is 3.23. The third kappa shape index (κ3) is 2.18. The fraction of sp³-hybridized carbons (Fsp3) is 0.143. The number of nitrogens with one attached hydrogen (secondary N) is 1. The Morgan fingerprint density at radius 1 is 1.30 bits per heavy atom. The van der Waals surface area contributed by atoms with Crippen molar-refractivity contribution in [3.63, 3.8) is 0 Å². The van der Waals surface area contributed by atoms with Gasteiger partial charge in [-0.1, -0.05) is 0 Å². The lowest BCUT2D eigenvalue weighted by molar-refractivity contribution is 0.415. The van der Waals surface area contributed by atoms with Crippen molar-refractivity contribution in [2.75, 3.05) is 13.4 Å². The molecule has 1 N–H and O–H groups in total. The maximum absolute atomic E-state index is 11.5. The molecule has 5 nitrogen and oxygen atoms in total. The molecule has 2 aromatic heterocycles. The second kappa shape index (κ2) is 5.05. The first-order chi connectivity index (χ1) is 9.69. The number of imidazole rings is 1. The molecule has 6 heteroatoms. The summed E-state index contributed by atoms with van der Waals surface area (Å²) >= 11 is 0. The van der Waals surface area contributed by atoms with Gasteiger partial charge in [0.25, 0.3) is 0 Å². The van der Waals surface area contributed by atoms with Crippen molar-refractivity contribution in [2.24, 2.45) is 0 Å². The van der Waals surface area contributed by atoms with Gasteiger partial charge in [0.2, 0.25) is 0 Å². The minimum atomic E-state index is -1.04. The van der Waals surface area contributed by atoms with Crippen LogP contribution in [0.2, 0.25) is 0 Å². The van der Waals surface area contributed by atoms with Gasteiger partial charge in [0, 0.05) is 28.1 Å². The normalized spacial score (nSPS) is 12.5. The summed E-state index contributed by atoms with van der Waals surface area (Å²) in [5, 5.41) is 0. The van der Waals surface area contributed by atoms with Gasteiger partial charge in [0.05, 0.1) is 29.9 Å². The van der Waals surface area contributed by atoms with Crippen LogP contribution in [0.5, 0.6) is 5.75 Å². The highest BCUT2D eigenvalue weighted by Gasteiger charge is 2.12. The molecule has 0 amide bonds. The van der Waals surface area contributed by atoms with E-state index < -0.39 is 10.8 Å². The van der Waals surface area contributed by atoms with E-state index in [0.717, 1.165) is 21.5 Å². The van der Waals surface area contributed by atoms with Crippen LogP contribution in [-0.4, -0.2) is 32.5 Å². The van der Waals surface area contributed by atoms with Crippen molar-refractivity contribution in [3.05, 3.63) is 36.7 Å². The number of pyridine rings is 1. The van der Waals surface area contributed by atoms with E-state index >= 15 is 0 Å². The van der Waals surface area contributed by atoms with Crippen molar-refractivity contribution in [3.8, 4) is 17.1 Å². The lowest BCUT2D eigenvalue weighted by Crippen LogP contribution is -1.93. The summed E-state index contributed by atoms with van der Waals surface area (Å²) in [5.74, 6) is 1.35. The molecule has 0 spiro atoms. The quantitative estimate of drug-likeness (QED) is 0.803. The summed E-state index contributed by atoms with van der Waals surface area (Å²) in [5.41, 5.74) is 2.55. The van der Waals surface area contributed by atoms with Gasteiger partial charge in [0.1, 0.15) is 11.6 Å². The molecule has 0 unspecified atom stereocenters. The Morgan fingerprint density at radius 3 is 2.85 bits per heavy atom. The SMILES string of the molecule is COc1cc([S@](C)=O)ccc1-c1nc2ccncc2[nH]1. The molecule has 3 rings (SSSR count). The topological polar surface area (TPSA) is 67.9 Å². The molecule has 20 heavy (non-hydrogen) atoms. The fourth-order valence-electron chi connectivity index (χ4n) is 2.03. The van der Waals surface area contributed by atoms with Gasteiger partial charge in [-0.25, -0.2) is 4.98 Å². The number of rotatable bonds is 3. The van der Waals surface area contributed by atoms with Gasteiger partial charge in [-0.2, -0.15) is 0 Å². The second-order valence-electron chi connectivity index (χ2n) is 4.29. The molecule has 3 aromatic rings. The zero-order valence-electron chi connectivity index (χ0n) is 11.1. The molecule has 1 aromatic carbocycles. The number of nitrogens with zero attached hydrogens (tertiary/aromatic N) is 2. The molecule has 0 aliphatic heterocycles. The third-order valence-electron chi connectivity index (χ3n) is 3.04. The summed E-state index contributed by atoms with van der Waals surface area (Å²) in [6, 6.07) is 7.30. The smallest absolute Gasteiger partial charge is 0.142 e. The monoisotopic (exact) mass is 287 g/mol. The average molecular weight is 287 g/mol. The predicted octanol–water partition coefficient (Wildman–Crippen LogP) is 2.37. The maximum atomic E-state index is 11.5. The number of aromatic amines is 1. The first-order valence-corrected chi connectivity index (χ1v) is 7.56. The number of hydrogen-bond donors (Lipinski definition) is 1. The molecule has 0 aliphatic rings. The molecular weight excluding hydrogens is 274 g/mol. The van der Waals surface area contributed by atoms with Crippen LogP contribution < -0.4 is 4.74 Å². The van der Waals surface area contributed by atoms with E-state index in [0.29, 0.717) is 11.6 Å². The average Bonchev–Trinajstić information content (AvgIpc) is 2.90. The van der Waals surface area contributed by atoms with E-state index in [-0.39, 0.29) is 0 Å². The molecule has 0 radical (unpaired) electrons. The van der Waals surface area contributed by atoms with Crippen LogP contribution in [0.25, 0.3) is 22.4 Å². The van der Waals surface area contributed by atoms with E-state index in [2.05, 4.69) is 15.0 Å². The molecule has 102 valence electrons. The van der Waals surface area contributed by atoms with E-state index in [1.165, 1.54) is 0 Å². The highest BCUT2D eigenvalue weighted by atomic mass is 32.2. The fourth-order valence-corrected chi connectivity index (χ4v) is 2.56. The number of ether oxygens (including phenoxy) is 1. The summed E-state index contributed by atoms with van der Waals surface area (Å²) < 4.78 is 16.9. The minimum Gasteiger partial charge on any atom is -0.496 e. The van der Waals surface area contributed by atoms with Gasteiger partial charge >= 0.3 is 0 Å². The standard InChI is InChI=1S/C14H13N3O2S/c1-19-13-7-9(20(2)18)3-4-10(13)14-16-11-5-6-15-8-12(11)17-14/h3-8H,1-2H3,(H,16,17)/t20-/m0/s1. The number of H-pyrrole nitrogens is 1. The van der Waals surface area contributed by atoms with E-state index in [9.17, 15) is 4.21 Å². The van der Waals surface area contributed by atoms with Crippen molar-refractivity contribution in [2.45, 2.75) is 4.90 Å². The van der Waals surface area contributed by atoms with E-state index in [4.69, 9.17) is 4.74 Å². The van der Waals surface area contributed by atoms with E-state index in [1.807, 2.05) is 18.2 Å². The molecule has 0 bridgehead atoms. The van der Waals surface area contributed by atoms with Crippen molar-refractivity contribution >= 4 is 21.8 Å². The van der Waals surface area contributed by atoms with Gasteiger partial charge < -0.3 is 9.72 Å². The summed E-state index contributed by atoms with van der Waals surface area (Å²) in [4.78, 5) is 12.5. The van der Waals surface area contributed by atoms with Crippen LogP contribution in [0.3, 0.4) is 0 Å². The first kappa shape index (κ1) is 12.8. The Morgan fingerprint density at radius 2 is 2.15 bits per heavy atom. The highest BCUT2D eigenvalue weighted by molar-refractivity contribution is 7.84. The van der Waals surface area contributed by atoms with Crippen LogP contribution in [0, 0.1) is 0 Å². The summed E-state index contributed by atoms with van der Waals surface area (Å²) in [6.07, 6.45) is 5.07. The van der Waals surface area contributed by atoms with Crippen molar-refractivity contribution in [1.82, 2.24) is 15.0 Å². The van der Waals surface area contributed by atoms with Crippen LogP contribution in [0.1, 0.15) is 0 Å². The second-order valence-corrected chi connectivity index (χ2v) is 5.67. The minimum absolute atomic E-state index is 0.643. The number of fused-ring (bicyclic) bond motifs is 1. The zero-order chi connectivity index (χ0) is 14.1. The molecule has 0 saturated carbocycles. The Hall–Kier alpha value is -2.21. The lowest BCUT2D eigenvalue weighted by atomic mass is 10.2. The van der Waals surface area contributed by atoms with Crippen LogP contribution >= 0.6 is 0 Å². The van der Waals surface area contributed by atoms with Gasteiger partial charge in [-0.05, 0) is 24.3 Å². The van der Waals surface area contributed by atoms with Gasteiger partial charge in [0.15, 0.2) is 0 Å². The predicted molar refractivity (Wildman–Crippen MR) is 78.2 cm³/mol. The number of hydrogen-bond acceptors (Lipinski definition) is 4. The Balaban J connectivity index is 2.15. The molecule has 0 saturated heterocycles. The lowest BCUT2D eigenvalue weighted by Gasteiger charge is -2.07. The molecule has 0 fully saturated rings. The Bertz CT molecular complexity index is 765. The summed E-state index contributed by atoms with van der Waals surface area (Å²) in [7, 11) is 0.548. The van der Waals surface area contributed by atoms with Gasteiger partial charge in [-0.15, -0.1) is 0 Å². The van der Waals surface area contributed by atoms with E-state index in [1.54, 1.807) is 31.8 Å². The number of benzene rings is 1. The van der Waals surface area contributed by atoms with Crippen LogP contribution in [0.15, 0.2) is 41.6 Å². The summed E-state index contributed by atoms with van der Waals surface area (Å²) in [6.45, 7) is 0. The van der Waals surface area contributed by atoms with Gasteiger partial charge in [-0.3, -0.25) is 9.19 Å². The first-order valence-electron chi connectivity index (χ1n) is 6.00. The molecule has 1 atom stereocenters. The van der Waals surface area contributed by atoms with Crippen molar-refractivity contribution in [1.29, 1.82) is 0 Å². The Labute approximate surface area is 118 Å². The number of methoxy groups -OCH3 is 1. The highest BCUT2D eigenvalue weighted by Crippen LogP contribution is 2.30. The molecule has 0 aliphatic carbocycles. The number of aromatic nitrogens is 3. The van der Waals surface area contributed by atoms with Crippen LogP contribution in [0.4, 0.5) is 0 Å². The van der Waals surface area contributed by atoms with Crippen LogP contribution in [-0.2, 0) is 10.8 Å². The zero-order valence-corrected chi connectivity index (χ0v) is 11.9. The molecular formula is C14H13N3O2S. The third-order valence-corrected chi connectivity index (χ3v) is 3.96. The molecule has 2 heterocycles.